The van der Waals surface area contributed by atoms with Gasteiger partial charge >= 0.3 is 0 Å². The van der Waals surface area contributed by atoms with Crippen LogP contribution in [0.15, 0.2) is 18.2 Å². The Balaban J connectivity index is 2.29. The van der Waals surface area contributed by atoms with Gasteiger partial charge in [0.25, 0.3) is 0 Å². The molecule has 0 saturated carbocycles. The lowest BCUT2D eigenvalue weighted by Gasteiger charge is -2.35. The predicted molar refractivity (Wildman–Crippen MR) is 78.6 cm³/mol. The molecular weight excluding hydrogens is 256 g/mol. The zero-order valence-corrected chi connectivity index (χ0v) is 12.7. The first-order valence-electron chi connectivity index (χ1n) is 6.89. The van der Waals surface area contributed by atoms with Crippen LogP contribution in [-0.2, 0) is 4.74 Å². The highest BCUT2D eigenvalue weighted by atomic mass is 16.5. The van der Waals surface area contributed by atoms with Crippen molar-refractivity contribution in [3.8, 4) is 11.5 Å². The third-order valence-electron chi connectivity index (χ3n) is 3.75. The Morgan fingerprint density at radius 1 is 1.35 bits per heavy atom. The Bertz CT molecular complexity index is 439. The largest absolute Gasteiger partial charge is 0.497 e. The summed E-state index contributed by atoms with van der Waals surface area (Å²) in [7, 11) is 7.42. The fourth-order valence-corrected chi connectivity index (χ4v) is 2.64. The van der Waals surface area contributed by atoms with Crippen LogP contribution in [0, 0.1) is 0 Å². The Kier molecular flexibility index (Phi) is 5.23. The SMILES string of the molecule is CNC(c1cc(OC)ccc1OC)C1CN(C)CCO1. The molecule has 20 heavy (non-hydrogen) atoms. The first-order chi connectivity index (χ1) is 9.69. The number of nitrogens with one attached hydrogen (secondary N) is 1. The third kappa shape index (κ3) is 3.23. The molecule has 1 N–H and O–H groups in total. The van der Waals surface area contributed by atoms with E-state index in [1.165, 1.54) is 0 Å². The van der Waals surface area contributed by atoms with Crippen LogP contribution < -0.4 is 14.8 Å². The maximum absolute atomic E-state index is 5.93. The molecule has 1 aliphatic rings. The highest BCUT2D eigenvalue weighted by Gasteiger charge is 2.29. The number of hydrogen-bond donors (Lipinski definition) is 1. The minimum absolute atomic E-state index is 0.0720. The van der Waals surface area contributed by atoms with Gasteiger partial charge in [0.15, 0.2) is 0 Å². The molecule has 0 aromatic heterocycles. The molecule has 0 amide bonds. The second kappa shape index (κ2) is 6.92. The molecule has 1 aromatic carbocycles. The average Bonchev–Trinajstić information content (AvgIpc) is 2.48. The van der Waals surface area contributed by atoms with Crippen molar-refractivity contribution in [2.24, 2.45) is 0 Å². The first kappa shape index (κ1) is 15.1. The Morgan fingerprint density at radius 2 is 2.15 bits per heavy atom. The molecule has 2 unspecified atom stereocenters. The van der Waals surface area contributed by atoms with E-state index in [9.17, 15) is 0 Å². The van der Waals surface area contributed by atoms with Gasteiger partial charge in [0.1, 0.15) is 11.5 Å². The summed E-state index contributed by atoms with van der Waals surface area (Å²) in [5, 5.41) is 3.35. The topological polar surface area (TPSA) is 43.0 Å². The number of rotatable bonds is 5. The number of ether oxygens (including phenoxy) is 3. The van der Waals surface area contributed by atoms with Crippen molar-refractivity contribution in [1.82, 2.24) is 10.2 Å². The van der Waals surface area contributed by atoms with E-state index in [1.54, 1.807) is 14.2 Å². The van der Waals surface area contributed by atoms with Gasteiger partial charge in [0, 0.05) is 18.7 Å². The molecule has 0 spiro atoms. The number of benzene rings is 1. The summed E-state index contributed by atoms with van der Waals surface area (Å²) >= 11 is 0. The second-order valence-corrected chi connectivity index (χ2v) is 5.05. The number of hydrogen-bond acceptors (Lipinski definition) is 5. The van der Waals surface area contributed by atoms with E-state index in [0.29, 0.717) is 0 Å². The fraction of sp³-hybridized carbons (Fsp3) is 0.600. The van der Waals surface area contributed by atoms with Gasteiger partial charge in [-0.1, -0.05) is 0 Å². The number of morpholine rings is 1. The van der Waals surface area contributed by atoms with E-state index in [0.717, 1.165) is 36.8 Å². The van der Waals surface area contributed by atoms with Crippen molar-refractivity contribution in [2.75, 3.05) is 48.0 Å². The smallest absolute Gasteiger partial charge is 0.124 e. The van der Waals surface area contributed by atoms with Crippen LogP contribution in [0.3, 0.4) is 0 Å². The molecule has 1 fully saturated rings. The molecule has 2 rings (SSSR count). The summed E-state index contributed by atoms with van der Waals surface area (Å²) in [6, 6.07) is 5.93. The van der Waals surface area contributed by atoms with Crippen molar-refractivity contribution in [2.45, 2.75) is 12.1 Å². The van der Waals surface area contributed by atoms with E-state index in [-0.39, 0.29) is 12.1 Å². The third-order valence-corrected chi connectivity index (χ3v) is 3.75. The fourth-order valence-electron chi connectivity index (χ4n) is 2.64. The van der Waals surface area contributed by atoms with Crippen LogP contribution in [0.4, 0.5) is 0 Å². The molecule has 0 radical (unpaired) electrons. The molecule has 1 aromatic rings. The highest BCUT2D eigenvalue weighted by Crippen LogP contribution is 2.32. The molecule has 2 atom stereocenters. The Hall–Kier alpha value is -1.30. The van der Waals surface area contributed by atoms with E-state index >= 15 is 0 Å². The van der Waals surface area contributed by atoms with Crippen LogP contribution in [0.2, 0.25) is 0 Å². The number of nitrogens with zero attached hydrogens (tertiary/aromatic N) is 1. The van der Waals surface area contributed by atoms with E-state index < -0.39 is 0 Å². The molecule has 1 heterocycles. The number of likely N-dealkylation sites (N-methyl/N-ethyl adjacent to an activating group) is 2. The summed E-state index contributed by atoms with van der Waals surface area (Å²) in [6.45, 7) is 2.62. The maximum atomic E-state index is 5.93. The van der Waals surface area contributed by atoms with E-state index in [1.807, 2.05) is 25.2 Å². The summed E-state index contributed by atoms with van der Waals surface area (Å²) in [4.78, 5) is 2.28. The maximum Gasteiger partial charge on any atom is 0.124 e. The van der Waals surface area contributed by atoms with Gasteiger partial charge < -0.3 is 24.4 Å². The quantitative estimate of drug-likeness (QED) is 0.880. The van der Waals surface area contributed by atoms with Crippen LogP contribution in [-0.4, -0.2) is 59.0 Å². The molecule has 0 aliphatic carbocycles. The second-order valence-electron chi connectivity index (χ2n) is 5.05. The molecule has 112 valence electrons. The standard InChI is InChI=1S/C15H24N2O3/c1-16-15(14-10-17(2)7-8-20-14)12-9-11(18-3)5-6-13(12)19-4/h5-6,9,14-16H,7-8,10H2,1-4H3. The summed E-state index contributed by atoms with van der Waals surface area (Å²) in [5.41, 5.74) is 1.06. The minimum atomic E-state index is 0.0720. The minimum Gasteiger partial charge on any atom is -0.497 e. The van der Waals surface area contributed by atoms with E-state index in [2.05, 4.69) is 17.3 Å². The van der Waals surface area contributed by atoms with Gasteiger partial charge in [-0.05, 0) is 32.3 Å². The van der Waals surface area contributed by atoms with Crippen LogP contribution in [0.25, 0.3) is 0 Å². The Morgan fingerprint density at radius 3 is 2.75 bits per heavy atom. The van der Waals surface area contributed by atoms with Gasteiger partial charge in [-0.25, -0.2) is 0 Å². The molecular formula is C15H24N2O3. The van der Waals surface area contributed by atoms with Gasteiger partial charge in [-0.3, -0.25) is 0 Å². The van der Waals surface area contributed by atoms with Gasteiger partial charge in [-0.2, -0.15) is 0 Å². The molecule has 0 bridgehead atoms. The predicted octanol–water partition coefficient (Wildman–Crippen LogP) is 1.29. The van der Waals surface area contributed by atoms with Crippen LogP contribution >= 0.6 is 0 Å². The van der Waals surface area contributed by atoms with E-state index in [4.69, 9.17) is 14.2 Å². The zero-order valence-electron chi connectivity index (χ0n) is 12.7. The molecule has 5 nitrogen and oxygen atoms in total. The lowest BCUT2D eigenvalue weighted by Crippen LogP contribution is -2.46. The monoisotopic (exact) mass is 280 g/mol. The van der Waals surface area contributed by atoms with Gasteiger partial charge in [-0.15, -0.1) is 0 Å². The molecule has 5 heteroatoms. The van der Waals surface area contributed by atoms with Gasteiger partial charge in [0.2, 0.25) is 0 Å². The van der Waals surface area contributed by atoms with Crippen LogP contribution in [0.5, 0.6) is 11.5 Å². The summed E-state index contributed by atoms with van der Waals surface area (Å²) in [5.74, 6) is 1.67. The molecule has 1 aliphatic heterocycles. The van der Waals surface area contributed by atoms with Crippen LogP contribution in [0.1, 0.15) is 11.6 Å². The zero-order chi connectivity index (χ0) is 14.5. The van der Waals surface area contributed by atoms with Crippen molar-refractivity contribution >= 4 is 0 Å². The first-order valence-corrected chi connectivity index (χ1v) is 6.89. The van der Waals surface area contributed by atoms with Crippen molar-refractivity contribution in [3.63, 3.8) is 0 Å². The summed E-state index contributed by atoms with van der Waals surface area (Å²) < 4.78 is 16.7. The lowest BCUT2D eigenvalue weighted by molar-refractivity contribution is -0.0383. The normalized spacial score (nSPS) is 21.5. The lowest BCUT2D eigenvalue weighted by atomic mass is 9.98. The van der Waals surface area contributed by atoms with Crippen molar-refractivity contribution < 1.29 is 14.2 Å². The van der Waals surface area contributed by atoms with Crippen molar-refractivity contribution in [3.05, 3.63) is 23.8 Å². The number of methoxy groups -OCH3 is 2. The van der Waals surface area contributed by atoms with Gasteiger partial charge in [0.05, 0.1) is 33.0 Å². The summed E-state index contributed by atoms with van der Waals surface area (Å²) in [6.07, 6.45) is 0.0970. The Labute approximate surface area is 120 Å². The van der Waals surface area contributed by atoms with Crippen molar-refractivity contribution in [1.29, 1.82) is 0 Å². The average molecular weight is 280 g/mol. The highest BCUT2D eigenvalue weighted by molar-refractivity contribution is 5.42. The molecule has 1 saturated heterocycles.